The van der Waals surface area contributed by atoms with Gasteiger partial charge in [-0.3, -0.25) is 0 Å². The predicted octanol–water partition coefficient (Wildman–Crippen LogP) is 1.52. The fourth-order valence-electron chi connectivity index (χ4n) is 2.74. The zero-order valence-corrected chi connectivity index (χ0v) is 14.4. The molecule has 1 N–H and O–H groups in total. The summed E-state index contributed by atoms with van der Waals surface area (Å²) < 4.78 is 31.9. The molecule has 22 heavy (non-hydrogen) atoms. The maximum atomic E-state index is 12.4. The van der Waals surface area contributed by atoms with Crippen molar-refractivity contribution in [3.05, 3.63) is 35.4 Å². The molecule has 1 aromatic carbocycles. The Labute approximate surface area is 133 Å². The third-order valence-electron chi connectivity index (χ3n) is 3.73. The lowest BCUT2D eigenvalue weighted by Crippen LogP contribution is -2.49. The number of hydrogen-bond donors (Lipinski definition) is 1. The molecule has 2 unspecified atom stereocenters. The Morgan fingerprint density at radius 1 is 1.27 bits per heavy atom. The normalized spacial score (nSPS) is 23.6. The van der Waals surface area contributed by atoms with Crippen molar-refractivity contribution in [2.45, 2.75) is 39.5 Å². The third kappa shape index (κ3) is 5.05. The molecule has 1 aromatic rings. The van der Waals surface area contributed by atoms with Crippen LogP contribution in [0.3, 0.4) is 0 Å². The number of nitrogens with zero attached hydrogens (tertiary/aromatic N) is 1. The zero-order valence-electron chi connectivity index (χ0n) is 13.6. The van der Waals surface area contributed by atoms with Crippen LogP contribution in [0.4, 0.5) is 0 Å². The van der Waals surface area contributed by atoms with Crippen molar-refractivity contribution >= 4 is 10.0 Å². The van der Waals surface area contributed by atoms with Gasteiger partial charge in [-0.25, -0.2) is 8.42 Å². The van der Waals surface area contributed by atoms with Crippen molar-refractivity contribution in [2.75, 3.05) is 25.4 Å². The number of rotatable bonds is 6. The van der Waals surface area contributed by atoms with Crippen LogP contribution >= 0.6 is 0 Å². The minimum Gasteiger partial charge on any atom is -0.373 e. The van der Waals surface area contributed by atoms with Crippen molar-refractivity contribution in [2.24, 2.45) is 0 Å². The van der Waals surface area contributed by atoms with Crippen LogP contribution in [0.25, 0.3) is 0 Å². The summed E-state index contributed by atoms with van der Waals surface area (Å²) in [6, 6.07) is 8.21. The Bertz CT molecular complexity index is 579. The zero-order chi connectivity index (χ0) is 16.2. The molecule has 2 atom stereocenters. The second-order valence-corrected chi connectivity index (χ2v) is 8.14. The molecule has 1 heterocycles. The van der Waals surface area contributed by atoms with Gasteiger partial charge in [0.2, 0.25) is 10.0 Å². The minimum absolute atomic E-state index is 0.0428. The SMILES string of the molecule is Cc1cccc(CNCCS(=O)(=O)N2CC(C)OC(C)C2)c1. The first-order valence-electron chi connectivity index (χ1n) is 7.76. The van der Waals surface area contributed by atoms with Crippen molar-refractivity contribution in [1.82, 2.24) is 9.62 Å². The van der Waals surface area contributed by atoms with Gasteiger partial charge in [0.25, 0.3) is 0 Å². The molecule has 0 aliphatic carbocycles. The molecule has 0 bridgehead atoms. The monoisotopic (exact) mass is 326 g/mol. The molecular formula is C16H26N2O3S. The average Bonchev–Trinajstić information content (AvgIpc) is 2.43. The molecular weight excluding hydrogens is 300 g/mol. The predicted molar refractivity (Wildman–Crippen MR) is 88.3 cm³/mol. The molecule has 1 fully saturated rings. The molecule has 0 radical (unpaired) electrons. The van der Waals surface area contributed by atoms with Gasteiger partial charge in [-0.1, -0.05) is 29.8 Å². The first kappa shape index (κ1) is 17.4. The molecule has 1 saturated heterocycles. The van der Waals surface area contributed by atoms with Gasteiger partial charge in [0.15, 0.2) is 0 Å². The topological polar surface area (TPSA) is 58.6 Å². The van der Waals surface area contributed by atoms with Crippen LogP contribution in [0.2, 0.25) is 0 Å². The van der Waals surface area contributed by atoms with Crippen molar-refractivity contribution in [3.8, 4) is 0 Å². The fourth-order valence-corrected chi connectivity index (χ4v) is 4.28. The molecule has 0 spiro atoms. The molecule has 6 heteroatoms. The van der Waals surface area contributed by atoms with Crippen molar-refractivity contribution in [3.63, 3.8) is 0 Å². The molecule has 5 nitrogen and oxygen atoms in total. The van der Waals surface area contributed by atoms with Crippen molar-refractivity contribution < 1.29 is 13.2 Å². The van der Waals surface area contributed by atoms with E-state index in [4.69, 9.17) is 4.74 Å². The highest BCUT2D eigenvalue weighted by molar-refractivity contribution is 7.89. The number of hydrogen-bond acceptors (Lipinski definition) is 4. The van der Waals surface area contributed by atoms with Gasteiger partial charge < -0.3 is 10.1 Å². The third-order valence-corrected chi connectivity index (χ3v) is 5.53. The quantitative estimate of drug-likeness (QED) is 0.806. The Kier molecular flexibility index (Phi) is 5.97. The maximum Gasteiger partial charge on any atom is 0.215 e. The second kappa shape index (κ2) is 7.55. The van der Waals surface area contributed by atoms with Gasteiger partial charge in [0, 0.05) is 26.2 Å². The average molecular weight is 326 g/mol. The summed E-state index contributed by atoms with van der Waals surface area (Å²) in [5, 5.41) is 3.21. The number of benzene rings is 1. The first-order valence-corrected chi connectivity index (χ1v) is 9.37. The Balaban J connectivity index is 1.80. The lowest BCUT2D eigenvalue weighted by molar-refractivity contribution is -0.0440. The van der Waals surface area contributed by atoms with Crippen LogP contribution in [0, 0.1) is 6.92 Å². The molecule has 0 amide bonds. The van der Waals surface area contributed by atoms with Gasteiger partial charge >= 0.3 is 0 Å². The van der Waals surface area contributed by atoms with Gasteiger partial charge in [-0.15, -0.1) is 0 Å². The van der Waals surface area contributed by atoms with Gasteiger partial charge in [-0.05, 0) is 26.3 Å². The molecule has 1 aliphatic rings. The van der Waals surface area contributed by atoms with E-state index in [2.05, 4.69) is 24.4 Å². The number of ether oxygens (including phenoxy) is 1. The molecule has 0 saturated carbocycles. The molecule has 0 aromatic heterocycles. The Morgan fingerprint density at radius 2 is 1.95 bits per heavy atom. The largest absolute Gasteiger partial charge is 0.373 e. The van der Waals surface area contributed by atoms with E-state index in [1.54, 1.807) is 4.31 Å². The minimum atomic E-state index is -3.22. The smallest absolute Gasteiger partial charge is 0.215 e. The van der Waals surface area contributed by atoms with Crippen molar-refractivity contribution in [1.29, 1.82) is 0 Å². The summed E-state index contributed by atoms with van der Waals surface area (Å²) in [6.07, 6.45) is -0.0856. The van der Waals surface area contributed by atoms with Crippen LogP contribution in [0.15, 0.2) is 24.3 Å². The summed E-state index contributed by atoms with van der Waals surface area (Å²) in [5.74, 6) is 0.123. The van der Waals surface area contributed by atoms with E-state index in [1.807, 2.05) is 26.0 Å². The number of nitrogens with one attached hydrogen (secondary N) is 1. The van der Waals surface area contributed by atoms with Gasteiger partial charge in [0.1, 0.15) is 0 Å². The summed E-state index contributed by atoms with van der Waals surface area (Å²) in [7, 11) is -3.22. The summed E-state index contributed by atoms with van der Waals surface area (Å²) in [5.41, 5.74) is 2.38. The fraction of sp³-hybridized carbons (Fsp3) is 0.625. The molecule has 2 rings (SSSR count). The van der Waals surface area contributed by atoms with Crippen LogP contribution < -0.4 is 5.32 Å². The Hall–Kier alpha value is -0.950. The second-order valence-electron chi connectivity index (χ2n) is 6.06. The summed E-state index contributed by atoms with van der Waals surface area (Å²) in [6.45, 7) is 7.91. The van der Waals surface area contributed by atoms with Crippen LogP contribution in [-0.4, -0.2) is 50.3 Å². The highest BCUT2D eigenvalue weighted by Gasteiger charge is 2.30. The maximum absolute atomic E-state index is 12.4. The van der Waals surface area contributed by atoms with E-state index in [0.717, 1.165) is 0 Å². The van der Waals surface area contributed by atoms with Crippen LogP contribution in [-0.2, 0) is 21.3 Å². The van der Waals surface area contributed by atoms with E-state index in [9.17, 15) is 8.42 Å². The highest BCUT2D eigenvalue weighted by Crippen LogP contribution is 2.14. The first-order chi connectivity index (χ1) is 10.4. The number of morpholine rings is 1. The summed E-state index contributed by atoms with van der Waals surface area (Å²) in [4.78, 5) is 0. The van der Waals surface area contributed by atoms with Gasteiger partial charge in [0.05, 0.1) is 18.0 Å². The van der Waals surface area contributed by atoms with E-state index < -0.39 is 10.0 Å². The van der Waals surface area contributed by atoms with E-state index in [1.165, 1.54) is 11.1 Å². The van der Waals surface area contributed by atoms with E-state index in [0.29, 0.717) is 26.2 Å². The van der Waals surface area contributed by atoms with E-state index >= 15 is 0 Å². The Morgan fingerprint density at radius 3 is 2.59 bits per heavy atom. The van der Waals surface area contributed by atoms with Crippen LogP contribution in [0.1, 0.15) is 25.0 Å². The van der Waals surface area contributed by atoms with Crippen LogP contribution in [0.5, 0.6) is 0 Å². The lowest BCUT2D eigenvalue weighted by atomic mass is 10.1. The summed E-state index contributed by atoms with van der Waals surface area (Å²) >= 11 is 0. The number of aryl methyl sites for hydroxylation is 1. The molecule has 1 aliphatic heterocycles. The standard InChI is InChI=1S/C16H26N2O3S/c1-13-5-4-6-16(9-13)10-17-7-8-22(19,20)18-11-14(2)21-15(3)12-18/h4-6,9,14-15,17H,7-8,10-12H2,1-3H3. The molecule has 124 valence electrons. The van der Waals surface area contributed by atoms with E-state index in [-0.39, 0.29) is 18.0 Å². The number of sulfonamides is 1. The van der Waals surface area contributed by atoms with Gasteiger partial charge in [-0.2, -0.15) is 4.31 Å². The highest BCUT2D eigenvalue weighted by atomic mass is 32.2. The lowest BCUT2D eigenvalue weighted by Gasteiger charge is -2.34.